The number of benzene rings is 1. The molecule has 0 radical (unpaired) electrons. The molecule has 6 nitrogen and oxygen atoms in total. The lowest BCUT2D eigenvalue weighted by atomic mass is 9.78. The first-order valence-corrected chi connectivity index (χ1v) is 5.80. The maximum Gasteiger partial charge on any atom is 0.636 e. The van der Waals surface area contributed by atoms with Crippen molar-refractivity contribution in [2.45, 2.75) is 0 Å². The van der Waals surface area contributed by atoms with Gasteiger partial charge in [-0.25, -0.2) is 0 Å². The lowest BCUT2D eigenvalue weighted by Crippen LogP contribution is -2.47. The van der Waals surface area contributed by atoms with E-state index in [2.05, 4.69) is 0 Å². The van der Waals surface area contributed by atoms with E-state index in [1.807, 2.05) is 0 Å². The number of nitrogens with zero attached hydrogens (tertiary/aromatic N) is 1. The van der Waals surface area contributed by atoms with Gasteiger partial charge in [0.05, 0.1) is 20.2 Å². The molecule has 0 atom stereocenters. The summed E-state index contributed by atoms with van der Waals surface area (Å²) < 4.78 is 15.4. The van der Waals surface area contributed by atoms with E-state index in [-0.39, 0.29) is 13.1 Å². The van der Waals surface area contributed by atoms with Gasteiger partial charge < -0.3 is 14.0 Å². The summed E-state index contributed by atoms with van der Waals surface area (Å²) in [5, 5.41) is 0. The predicted molar refractivity (Wildman–Crippen MR) is 68.1 cm³/mol. The molecule has 1 saturated heterocycles. The van der Waals surface area contributed by atoms with Crippen LogP contribution < -0.4 is 10.2 Å². The predicted octanol–water partition coefficient (Wildman–Crippen LogP) is -0.578. The highest BCUT2D eigenvalue weighted by Crippen LogP contribution is 2.08. The Morgan fingerprint density at radius 1 is 1.21 bits per heavy atom. The summed E-state index contributed by atoms with van der Waals surface area (Å²) in [5.74, 6) is -0.283. The molecule has 19 heavy (non-hydrogen) atoms. The number of carbonyl (C=O) groups excluding carboxylic acids is 2. The molecule has 2 rings (SSSR count). The van der Waals surface area contributed by atoms with Crippen molar-refractivity contribution in [1.29, 1.82) is 0 Å². The Labute approximate surface area is 111 Å². The third-order valence-electron chi connectivity index (χ3n) is 2.64. The van der Waals surface area contributed by atoms with Crippen LogP contribution in [0.2, 0.25) is 0 Å². The quantitative estimate of drug-likeness (QED) is 0.665. The fraction of sp³-hybridized carbons (Fsp3) is 0.333. The number of hydrogen-bond donors (Lipinski definition) is 0. The van der Waals surface area contributed by atoms with E-state index in [0.717, 1.165) is 0 Å². The highest BCUT2D eigenvalue weighted by molar-refractivity contribution is 6.64. The summed E-state index contributed by atoms with van der Waals surface area (Å²) in [5.41, 5.74) is 0.561. The zero-order chi connectivity index (χ0) is 13.8. The van der Waals surface area contributed by atoms with Crippen LogP contribution in [0.25, 0.3) is 0 Å². The van der Waals surface area contributed by atoms with Crippen LogP contribution >= 0.6 is 0 Å². The van der Waals surface area contributed by atoms with Crippen molar-refractivity contribution in [1.82, 2.24) is 4.90 Å². The van der Waals surface area contributed by atoms with Gasteiger partial charge in [-0.3, -0.25) is 14.5 Å². The summed E-state index contributed by atoms with van der Waals surface area (Å²) in [6.45, 7) is 0.102. The molecule has 1 aromatic rings. The second-order valence-electron chi connectivity index (χ2n) is 4.26. The molecule has 0 spiro atoms. The number of ether oxygens (including phenoxy) is 1. The Kier molecular flexibility index (Phi) is 4.06. The van der Waals surface area contributed by atoms with E-state index in [9.17, 15) is 9.59 Å². The molecule has 0 aromatic heterocycles. The molecule has 0 saturated carbocycles. The molecule has 0 amide bonds. The number of methoxy groups -OCH3 is 1. The first-order chi connectivity index (χ1) is 9.08. The number of carbonyl (C=O) groups is 2. The van der Waals surface area contributed by atoms with E-state index >= 15 is 0 Å². The standard InChI is InChI=1S/C12H14BNO5/c1-14-7-11(15)18-13(19-12(16)8-14)9-4-3-5-10(6-9)17-2/h3-6H,7-8H2,1-2H3. The van der Waals surface area contributed by atoms with Crippen LogP contribution in [0.15, 0.2) is 24.3 Å². The summed E-state index contributed by atoms with van der Waals surface area (Å²) in [7, 11) is 2.15. The van der Waals surface area contributed by atoms with E-state index < -0.39 is 19.1 Å². The molecule has 1 fully saturated rings. The average Bonchev–Trinajstić information content (AvgIpc) is 2.36. The van der Waals surface area contributed by atoms with Gasteiger partial charge in [-0.2, -0.15) is 0 Å². The van der Waals surface area contributed by atoms with Crippen LogP contribution in [0.3, 0.4) is 0 Å². The van der Waals surface area contributed by atoms with E-state index in [4.69, 9.17) is 14.0 Å². The molecule has 0 N–H and O–H groups in total. The second-order valence-corrected chi connectivity index (χ2v) is 4.26. The summed E-state index contributed by atoms with van der Waals surface area (Å²) in [6.07, 6.45) is 0. The molecule has 7 heteroatoms. The van der Waals surface area contributed by atoms with Crippen molar-refractivity contribution in [3.63, 3.8) is 0 Å². The Hall–Kier alpha value is -2.02. The second kappa shape index (κ2) is 5.75. The molecule has 1 aliphatic rings. The summed E-state index contributed by atoms with van der Waals surface area (Å²) in [4.78, 5) is 24.7. The van der Waals surface area contributed by atoms with Gasteiger partial charge in [-0.15, -0.1) is 0 Å². The lowest BCUT2D eigenvalue weighted by molar-refractivity contribution is -0.145. The van der Waals surface area contributed by atoms with Gasteiger partial charge in [0.15, 0.2) is 0 Å². The minimum absolute atomic E-state index is 0.0512. The molecule has 1 aliphatic heterocycles. The van der Waals surface area contributed by atoms with Gasteiger partial charge >= 0.3 is 19.1 Å². The van der Waals surface area contributed by atoms with Crippen molar-refractivity contribution >= 4 is 24.5 Å². The van der Waals surface area contributed by atoms with Crippen molar-refractivity contribution in [3.8, 4) is 5.75 Å². The Balaban J connectivity index is 2.21. The van der Waals surface area contributed by atoms with Crippen LogP contribution in [0.1, 0.15) is 0 Å². The van der Waals surface area contributed by atoms with Crippen LogP contribution in [0, 0.1) is 0 Å². The first-order valence-electron chi connectivity index (χ1n) is 5.80. The minimum Gasteiger partial charge on any atom is -0.497 e. The van der Waals surface area contributed by atoms with Gasteiger partial charge in [-0.05, 0) is 19.2 Å². The lowest BCUT2D eigenvalue weighted by Gasteiger charge is -2.22. The van der Waals surface area contributed by atoms with E-state index in [0.29, 0.717) is 11.2 Å². The maximum absolute atomic E-state index is 11.6. The molecular weight excluding hydrogens is 249 g/mol. The average molecular weight is 263 g/mol. The van der Waals surface area contributed by atoms with E-state index in [1.165, 1.54) is 12.0 Å². The summed E-state index contributed by atoms with van der Waals surface area (Å²) >= 11 is 0. The van der Waals surface area contributed by atoms with Gasteiger partial charge in [-0.1, -0.05) is 12.1 Å². The monoisotopic (exact) mass is 263 g/mol. The zero-order valence-corrected chi connectivity index (χ0v) is 10.8. The summed E-state index contributed by atoms with van der Waals surface area (Å²) in [6, 6.07) is 6.86. The fourth-order valence-corrected chi connectivity index (χ4v) is 1.76. The minimum atomic E-state index is -1.02. The van der Waals surface area contributed by atoms with Crippen molar-refractivity contribution in [3.05, 3.63) is 24.3 Å². The third kappa shape index (κ3) is 3.48. The first kappa shape index (κ1) is 13.4. The highest BCUT2D eigenvalue weighted by atomic mass is 16.6. The van der Waals surface area contributed by atoms with Gasteiger partial charge in [0.2, 0.25) is 0 Å². The molecule has 0 bridgehead atoms. The van der Waals surface area contributed by atoms with Crippen molar-refractivity contribution in [2.75, 3.05) is 27.2 Å². The molecule has 100 valence electrons. The van der Waals surface area contributed by atoms with Gasteiger partial charge in [0.1, 0.15) is 5.75 Å². The Morgan fingerprint density at radius 3 is 2.42 bits per heavy atom. The number of likely N-dealkylation sites (N-methyl/N-ethyl adjacent to an activating group) is 1. The number of rotatable bonds is 2. The topological polar surface area (TPSA) is 65.1 Å². The van der Waals surface area contributed by atoms with Crippen LogP contribution in [-0.2, 0) is 18.9 Å². The maximum atomic E-state index is 11.6. The zero-order valence-electron chi connectivity index (χ0n) is 10.8. The third-order valence-corrected chi connectivity index (χ3v) is 2.64. The molecule has 1 heterocycles. The normalized spacial score (nSPS) is 17.3. The molecular formula is C12H14BNO5. The van der Waals surface area contributed by atoms with Crippen molar-refractivity contribution in [2.24, 2.45) is 0 Å². The Bertz CT molecular complexity index is 473. The van der Waals surface area contributed by atoms with Crippen LogP contribution in [0.4, 0.5) is 0 Å². The molecule has 0 aliphatic carbocycles. The number of hydrogen-bond acceptors (Lipinski definition) is 6. The highest BCUT2D eigenvalue weighted by Gasteiger charge is 2.33. The van der Waals surface area contributed by atoms with Crippen molar-refractivity contribution < 1.29 is 23.6 Å². The van der Waals surface area contributed by atoms with Crippen LogP contribution in [0.5, 0.6) is 5.75 Å². The Morgan fingerprint density at radius 2 is 1.84 bits per heavy atom. The molecule has 0 unspecified atom stereocenters. The van der Waals surface area contributed by atoms with E-state index in [1.54, 1.807) is 31.3 Å². The van der Waals surface area contributed by atoms with Crippen LogP contribution in [-0.4, -0.2) is 51.2 Å². The molecule has 1 aromatic carbocycles. The SMILES string of the molecule is COc1cccc(B2OC(=O)CN(C)CC(=O)O2)c1. The van der Waals surface area contributed by atoms with Gasteiger partial charge in [0, 0.05) is 5.46 Å². The smallest absolute Gasteiger partial charge is 0.497 e. The fourth-order valence-electron chi connectivity index (χ4n) is 1.76. The van der Waals surface area contributed by atoms with Gasteiger partial charge in [0.25, 0.3) is 0 Å². The largest absolute Gasteiger partial charge is 0.636 e.